The number of nitrogens with zero attached hydrogens (tertiary/aromatic N) is 4. The molecule has 1 aromatic heterocycles. The molecule has 6 heteroatoms. The molecule has 0 amide bonds. The first-order chi connectivity index (χ1) is 9.52. The molecule has 0 aromatic carbocycles. The highest BCUT2D eigenvalue weighted by Gasteiger charge is 2.31. The van der Waals surface area contributed by atoms with Crippen LogP contribution in [-0.2, 0) is 6.54 Å². The van der Waals surface area contributed by atoms with E-state index in [1.807, 2.05) is 12.1 Å². The highest BCUT2D eigenvalue weighted by Crippen LogP contribution is 2.22. The van der Waals surface area contributed by atoms with Crippen LogP contribution in [0, 0.1) is 5.92 Å². The van der Waals surface area contributed by atoms with Gasteiger partial charge in [0, 0.05) is 31.9 Å². The summed E-state index contributed by atoms with van der Waals surface area (Å²) in [5.41, 5.74) is 7.24. The van der Waals surface area contributed by atoms with Gasteiger partial charge in [-0.05, 0) is 31.6 Å². The van der Waals surface area contributed by atoms with Crippen molar-refractivity contribution in [2.45, 2.75) is 19.5 Å². The molecule has 6 nitrogen and oxygen atoms in total. The molecule has 2 heterocycles. The molecule has 2 atom stereocenters. The molecular formula is C14H23N5O. The number of oxime groups is 1. The first-order valence-corrected chi connectivity index (χ1v) is 6.83. The third-order valence-corrected chi connectivity index (χ3v) is 3.95. The van der Waals surface area contributed by atoms with Crippen LogP contribution < -0.4 is 5.73 Å². The van der Waals surface area contributed by atoms with Crippen molar-refractivity contribution in [2.24, 2.45) is 16.8 Å². The summed E-state index contributed by atoms with van der Waals surface area (Å²) in [5, 5.41) is 11.9. The van der Waals surface area contributed by atoms with Gasteiger partial charge < -0.3 is 15.8 Å². The predicted octanol–water partition coefficient (Wildman–Crippen LogP) is 0.558. The fourth-order valence-corrected chi connectivity index (χ4v) is 2.93. The summed E-state index contributed by atoms with van der Waals surface area (Å²) in [4.78, 5) is 8.88. The normalized spacial score (nSPS) is 24.5. The first-order valence-electron chi connectivity index (χ1n) is 6.83. The molecule has 1 aliphatic rings. The van der Waals surface area contributed by atoms with Crippen LogP contribution in [-0.4, -0.2) is 59.1 Å². The molecule has 2 unspecified atom stereocenters. The molecular weight excluding hydrogens is 254 g/mol. The van der Waals surface area contributed by atoms with E-state index in [9.17, 15) is 0 Å². The average molecular weight is 277 g/mol. The molecule has 0 saturated carbocycles. The van der Waals surface area contributed by atoms with Crippen LogP contribution in [0.25, 0.3) is 0 Å². The lowest BCUT2D eigenvalue weighted by Crippen LogP contribution is -2.34. The van der Waals surface area contributed by atoms with Crippen molar-refractivity contribution >= 4 is 5.84 Å². The first kappa shape index (κ1) is 14.7. The van der Waals surface area contributed by atoms with E-state index in [2.05, 4.69) is 41.0 Å². The minimum absolute atomic E-state index is 0.0667. The Balaban J connectivity index is 2.12. The number of hydrogen-bond acceptors (Lipinski definition) is 5. The molecule has 3 N–H and O–H groups in total. The molecule has 0 radical (unpaired) electrons. The Morgan fingerprint density at radius 2 is 2.30 bits per heavy atom. The van der Waals surface area contributed by atoms with Gasteiger partial charge in [0.2, 0.25) is 0 Å². The summed E-state index contributed by atoms with van der Waals surface area (Å²) in [6.45, 7) is 5.12. The van der Waals surface area contributed by atoms with Crippen molar-refractivity contribution in [3.05, 3.63) is 29.6 Å². The van der Waals surface area contributed by atoms with Gasteiger partial charge in [0.1, 0.15) is 5.69 Å². The Morgan fingerprint density at radius 1 is 1.55 bits per heavy atom. The Morgan fingerprint density at radius 3 is 2.90 bits per heavy atom. The molecule has 2 rings (SSSR count). The largest absolute Gasteiger partial charge is 0.409 e. The fraction of sp³-hybridized carbons (Fsp3) is 0.571. The maximum atomic E-state index is 8.83. The Bertz CT molecular complexity index is 488. The number of likely N-dealkylation sites (N-methyl/N-ethyl adjacent to an activating group) is 1. The summed E-state index contributed by atoms with van der Waals surface area (Å²) in [5.74, 6) is 0.700. The highest BCUT2D eigenvalue weighted by molar-refractivity contribution is 5.96. The summed E-state index contributed by atoms with van der Waals surface area (Å²) in [6, 6.07) is 4.43. The second-order valence-corrected chi connectivity index (χ2v) is 5.70. The lowest BCUT2D eigenvalue weighted by atomic mass is 10.1. The second-order valence-electron chi connectivity index (χ2n) is 5.70. The summed E-state index contributed by atoms with van der Waals surface area (Å²) in [7, 11) is 4.24. The van der Waals surface area contributed by atoms with Gasteiger partial charge in [0.15, 0.2) is 5.84 Å². The minimum Gasteiger partial charge on any atom is -0.409 e. The van der Waals surface area contributed by atoms with Gasteiger partial charge in [-0.15, -0.1) is 0 Å². The van der Waals surface area contributed by atoms with Crippen molar-refractivity contribution in [3.8, 4) is 0 Å². The number of hydrogen-bond donors (Lipinski definition) is 2. The summed E-state index contributed by atoms with van der Waals surface area (Å²) >= 11 is 0. The Hall–Kier alpha value is -1.66. The van der Waals surface area contributed by atoms with E-state index in [1.165, 1.54) is 0 Å². The second kappa shape index (κ2) is 6.19. The fourth-order valence-electron chi connectivity index (χ4n) is 2.93. The zero-order valence-electron chi connectivity index (χ0n) is 12.3. The molecule has 0 spiro atoms. The quantitative estimate of drug-likeness (QED) is 0.364. The van der Waals surface area contributed by atoms with Crippen LogP contribution in [0.15, 0.2) is 23.5 Å². The molecule has 0 aliphatic carbocycles. The smallest absolute Gasteiger partial charge is 0.189 e. The van der Waals surface area contributed by atoms with Gasteiger partial charge in [0.25, 0.3) is 0 Å². The number of likely N-dealkylation sites (tertiary alicyclic amines) is 1. The Labute approximate surface area is 119 Å². The van der Waals surface area contributed by atoms with Crippen LogP contribution in [0.4, 0.5) is 0 Å². The molecule has 1 fully saturated rings. The van der Waals surface area contributed by atoms with Crippen molar-refractivity contribution in [3.63, 3.8) is 0 Å². The van der Waals surface area contributed by atoms with E-state index in [0.717, 1.165) is 25.2 Å². The topological polar surface area (TPSA) is 78.0 Å². The number of amidine groups is 1. The van der Waals surface area contributed by atoms with Crippen molar-refractivity contribution < 1.29 is 5.21 Å². The monoisotopic (exact) mass is 277 g/mol. The molecule has 0 bridgehead atoms. The number of aromatic nitrogens is 1. The number of pyridine rings is 1. The third kappa shape index (κ3) is 3.08. The van der Waals surface area contributed by atoms with E-state index >= 15 is 0 Å². The lowest BCUT2D eigenvalue weighted by molar-refractivity contribution is 0.250. The average Bonchev–Trinajstić information content (AvgIpc) is 2.79. The minimum atomic E-state index is 0.0667. The Kier molecular flexibility index (Phi) is 4.57. The molecule has 1 aliphatic heterocycles. The zero-order valence-corrected chi connectivity index (χ0v) is 12.3. The third-order valence-electron chi connectivity index (χ3n) is 3.95. The standard InChI is InChI=1S/C14H23N5O/c1-10-7-19(9-12(10)18(2)3)8-11-5-4-6-16-13(11)14(15)17-20/h4-6,10,12,20H,7-9H2,1-3H3,(H2,15,17). The van der Waals surface area contributed by atoms with Crippen LogP contribution in [0.3, 0.4) is 0 Å². The van der Waals surface area contributed by atoms with Gasteiger partial charge >= 0.3 is 0 Å². The van der Waals surface area contributed by atoms with E-state index in [4.69, 9.17) is 10.9 Å². The van der Waals surface area contributed by atoms with E-state index in [-0.39, 0.29) is 5.84 Å². The molecule has 1 aromatic rings. The van der Waals surface area contributed by atoms with Crippen molar-refractivity contribution in [1.29, 1.82) is 0 Å². The number of nitrogens with two attached hydrogens (primary N) is 1. The SMILES string of the molecule is CC1CN(Cc2cccnc2/C(N)=N/O)CC1N(C)C. The van der Waals surface area contributed by atoms with Crippen LogP contribution in [0.5, 0.6) is 0 Å². The van der Waals surface area contributed by atoms with Crippen molar-refractivity contribution in [1.82, 2.24) is 14.8 Å². The van der Waals surface area contributed by atoms with Gasteiger partial charge in [0.05, 0.1) is 0 Å². The van der Waals surface area contributed by atoms with Crippen LogP contribution >= 0.6 is 0 Å². The van der Waals surface area contributed by atoms with Gasteiger partial charge in [-0.25, -0.2) is 0 Å². The molecule has 110 valence electrons. The summed E-state index contributed by atoms with van der Waals surface area (Å²) in [6.07, 6.45) is 1.66. The van der Waals surface area contributed by atoms with Gasteiger partial charge in [-0.2, -0.15) is 0 Å². The predicted molar refractivity (Wildman–Crippen MR) is 78.7 cm³/mol. The zero-order chi connectivity index (χ0) is 14.7. The van der Waals surface area contributed by atoms with Crippen LogP contribution in [0.2, 0.25) is 0 Å². The number of rotatable bonds is 4. The summed E-state index contributed by atoms with van der Waals surface area (Å²) < 4.78 is 0. The molecule has 1 saturated heterocycles. The van der Waals surface area contributed by atoms with E-state index < -0.39 is 0 Å². The highest BCUT2D eigenvalue weighted by atomic mass is 16.4. The van der Waals surface area contributed by atoms with Gasteiger partial charge in [-0.1, -0.05) is 18.1 Å². The van der Waals surface area contributed by atoms with Gasteiger partial charge in [-0.3, -0.25) is 9.88 Å². The van der Waals surface area contributed by atoms with Crippen LogP contribution in [0.1, 0.15) is 18.2 Å². The van der Waals surface area contributed by atoms with Crippen molar-refractivity contribution in [2.75, 3.05) is 27.2 Å². The maximum Gasteiger partial charge on any atom is 0.189 e. The van der Waals surface area contributed by atoms with E-state index in [1.54, 1.807) is 6.20 Å². The lowest BCUT2D eigenvalue weighted by Gasteiger charge is -2.22. The van der Waals surface area contributed by atoms with E-state index in [0.29, 0.717) is 17.7 Å². The maximum absolute atomic E-state index is 8.83. The molecule has 20 heavy (non-hydrogen) atoms.